The zero-order chi connectivity index (χ0) is 15.4. The Bertz CT molecular complexity index is 662. The predicted octanol–water partition coefficient (Wildman–Crippen LogP) is 3.05. The first-order chi connectivity index (χ1) is 10.0. The average molecular weight is 328 g/mol. The van der Waals surface area contributed by atoms with Crippen LogP contribution >= 0.6 is 23.2 Å². The molecule has 1 amide bonds. The summed E-state index contributed by atoms with van der Waals surface area (Å²) in [7, 11) is 2.96. The molecule has 0 atom stereocenters. The number of aromatic nitrogens is 2. The molecule has 0 saturated carbocycles. The molecule has 1 heterocycles. The largest absolute Gasteiger partial charge is 0.495 e. The Morgan fingerprint density at radius 1 is 1.10 bits per heavy atom. The van der Waals surface area contributed by atoms with E-state index in [2.05, 4.69) is 15.3 Å². The molecule has 110 valence electrons. The fourth-order valence-electron chi connectivity index (χ4n) is 1.57. The zero-order valence-electron chi connectivity index (χ0n) is 11.2. The van der Waals surface area contributed by atoms with E-state index < -0.39 is 5.91 Å². The van der Waals surface area contributed by atoms with E-state index in [4.69, 9.17) is 32.7 Å². The third-order valence-corrected chi connectivity index (χ3v) is 3.07. The molecule has 1 aromatic heterocycles. The lowest BCUT2D eigenvalue weighted by Crippen LogP contribution is -2.14. The highest BCUT2D eigenvalue weighted by Gasteiger charge is 2.14. The summed E-state index contributed by atoms with van der Waals surface area (Å²) in [4.78, 5) is 19.7. The van der Waals surface area contributed by atoms with Crippen LogP contribution in [-0.4, -0.2) is 30.1 Å². The molecule has 21 heavy (non-hydrogen) atoms. The Morgan fingerprint density at radius 2 is 1.81 bits per heavy atom. The summed E-state index contributed by atoms with van der Waals surface area (Å²) in [5.41, 5.74) is 0.512. The Labute approximate surface area is 131 Å². The maximum atomic E-state index is 12.1. The van der Waals surface area contributed by atoms with E-state index >= 15 is 0 Å². The van der Waals surface area contributed by atoms with Gasteiger partial charge in [-0.3, -0.25) is 4.79 Å². The fraction of sp³-hybridized carbons (Fsp3) is 0.154. The molecule has 0 aliphatic carbocycles. The first-order valence-electron chi connectivity index (χ1n) is 5.75. The summed E-state index contributed by atoms with van der Waals surface area (Å²) < 4.78 is 10.3. The van der Waals surface area contributed by atoms with Gasteiger partial charge in [0.1, 0.15) is 22.3 Å². The number of methoxy groups -OCH3 is 2. The highest BCUT2D eigenvalue weighted by Crippen LogP contribution is 2.35. The molecule has 2 rings (SSSR count). The molecule has 1 N–H and O–H groups in total. The second-order valence-electron chi connectivity index (χ2n) is 3.87. The van der Waals surface area contributed by atoms with Crippen LogP contribution in [0.25, 0.3) is 0 Å². The van der Waals surface area contributed by atoms with E-state index in [-0.39, 0.29) is 10.8 Å². The van der Waals surface area contributed by atoms with E-state index in [1.807, 2.05) is 0 Å². The Hall–Kier alpha value is -2.05. The summed E-state index contributed by atoms with van der Waals surface area (Å²) in [6, 6.07) is 3.10. The van der Waals surface area contributed by atoms with Gasteiger partial charge < -0.3 is 14.8 Å². The van der Waals surface area contributed by atoms with Crippen LogP contribution in [0.15, 0.2) is 24.5 Å². The molecule has 0 fully saturated rings. The zero-order valence-corrected chi connectivity index (χ0v) is 12.7. The van der Waals surface area contributed by atoms with Gasteiger partial charge in [-0.1, -0.05) is 23.2 Å². The number of rotatable bonds is 4. The van der Waals surface area contributed by atoms with Crippen molar-refractivity contribution in [1.82, 2.24) is 9.97 Å². The SMILES string of the molecule is COc1cc(OC)c(NC(=O)c2cnc(Cl)cn2)cc1Cl. The number of carbonyl (C=O) groups excluding carboxylic acids is 1. The maximum absolute atomic E-state index is 12.1. The lowest BCUT2D eigenvalue weighted by atomic mass is 10.2. The number of hydrogen-bond donors (Lipinski definition) is 1. The van der Waals surface area contributed by atoms with Gasteiger partial charge in [0.25, 0.3) is 5.91 Å². The second kappa shape index (κ2) is 6.60. The molecule has 0 aliphatic rings. The maximum Gasteiger partial charge on any atom is 0.275 e. The standard InChI is InChI=1S/C13H11Cl2N3O3/c1-20-10-4-11(21-2)8(3-7(10)14)18-13(19)9-5-17-12(15)6-16-9/h3-6H,1-2H3,(H,18,19). The number of carbonyl (C=O) groups is 1. The van der Waals surface area contributed by atoms with Gasteiger partial charge in [0.2, 0.25) is 0 Å². The molecule has 8 heteroatoms. The minimum Gasteiger partial charge on any atom is -0.495 e. The van der Waals surface area contributed by atoms with E-state index in [0.29, 0.717) is 22.2 Å². The molecule has 0 spiro atoms. The smallest absolute Gasteiger partial charge is 0.275 e. The monoisotopic (exact) mass is 327 g/mol. The van der Waals surface area contributed by atoms with Crippen molar-refractivity contribution in [2.24, 2.45) is 0 Å². The van der Waals surface area contributed by atoms with Crippen molar-refractivity contribution in [2.75, 3.05) is 19.5 Å². The van der Waals surface area contributed by atoms with Crippen molar-refractivity contribution in [3.63, 3.8) is 0 Å². The average Bonchev–Trinajstić information content (AvgIpc) is 2.48. The van der Waals surface area contributed by atoms with E-state index in [9.17, 15) is 4.79 Å². The number of nitrogens with one attached hydrogen (secondary N) is 1. The first kappa shape index (κ1) is 15.3. The minimum atomic E-state index is -0.460. The molecule has 6 nitrogen and oxygen atoms in total. The van der Waals surface area contributed by atoms with Crippen LogP contribution in [-0.2, 0) is 0 Å². The summed E-state index contributed by atoms with van der Waals surface area (Å²) in [5.74, 6) is 0.392. The molecule has 0 bridgehead atoms. The molecule has 0 saturated heterocycles. The van der Waals surface area contributed by atoms with Crippen molar-refractivity contribution < 1.29 is 14.3 Å². The number of amides is 1. The Kier molecular flexibility index (Phi) is 4.82. The second-order valence-corrected chi connectivity index (χ2v) is 4.66. The Morgan fingerprint density at radius 3 is 2.38 bits per heavy atom. The van der Waals surface area contributed by atoms with Crippen molar-refractivity contribution in [1.29, 1.82) is 0 Å². The quantitative estimate of drug-likeness (QED) is 0.934. The lowest BCUT2D eigenvalue weighted by Gasteiger charge is -2.12. The van der Waals surface area contributed by atoms with Gasteiger partial charge in [0.05, 0.1) is 37.3 Å². The van der Waals surface area contributed by atoms with Crippen LogP contribution in [0.1, 0.15) is 10.5 Å². The van der Waals surface area contributed by atoms with Crippen molar-refractivity contribution in [3.05, 3.63) is 40.4 Å². The molecule has 2 aromatic rings. The molecule has 0 radical (unpaired) electrons. The number of halogens is 2. The van der Waals surface area contributed by atoms with Crippen molar-refractivity contribution in [3.8, 4) is 11.5 Å². The minimum absolute atomic E-state index is 0.119. The normalized spacial score (nSPS) is 10.1. The third-order valence-electron chi connectivity index (χ3n) is 2.58. The van der Waals surface area contributed by atoms with E-state index in [1.54, 1.807) is 6.07 Å². The van der Waals surface area contributed by atoms with E-state index in [1.165, 1.54) is 32.7 Å². The van der Waals surface area contributed by atoms with Gasteiger partial charge in [0, 0.05) is 6.07 Å². The third kappa shape index (κ3) is 3.53. The van der Waals surface area contributed by atoms with Gasteiger partial charge in [-0.15, -0.1) is 0 Å². The van der Waals surface area contributed by atoms with E-state index in [0.717, 1.165) is 0 Å². The van der Waals surface area contributed by atoms with Gasteiger partial charge in [-0.2, -0.15) is 0 Å². The van der Waals surface area contributed by atoms with Crippen LogP contribution in [0.4, 0.5) is 5.69 Å². The number of benzene rings is 1. The first-order valence-corrected chi connectivity index (χ1v) is 6.51. The molecule has 0 aliphatic heterocycles. The molecular formula is C13H11Cl2N3O3. The van der Waals surface area contributed by atoms with Gasteiger partial charge in [-0.25, -0.2) is 9.97 Å². The van der Waals surface area contributed by atoms with Crippen LogP contribution in [0.2, 0.25) is 10.2 Å². The molecular weight excluding hydrogens is 317 g/mol. The van der Waals surface area contributed by atoms with Crippen LogP contribution in [0, 0.1) is 0 Å². The van der Waals surface area contributed by atoms with Gasteiger partial charge >= 0.3 is 0 Å². The van der Waals surface area contributed by atoms with Crippen molar-refractivity contribution >= 4 is 34.8 Å². The summed E-state index contributed by atoms with van der Waals surface area (Å²) in [6.45, 7) is 0. The summed E-state index contributed by atoms with van der Waals surface area (Å²) in [5, 5.41) is 3.19. The number of ether oxygens (including phenoxy) is 2. The fourth-order valence-corrected chi connectivity index (χ4v) is 1.91. The van der Waals surface area contributed by atoms with Gasteiger partial charge in [0.15, 0.2) is 0 Å². The van der Waals surface area contributed by atoms with Crippen molar-refractivity contribution in [2.45, 2.75) is 0 Å². The number of hydrogen-bond acceptors (Lipinski definition) is 5. The highest BCUT2D eigenvalue weighted by molar-refractivity contribution is 6.32. The Balaban J connectivity index is 2.28. The van der Waals surface area contributed by atoms with Gasteiger partial charge in [-0.05, 0) is 6.07 Å². The van der Waals surface area contributed by atoms with Crippen LogP contribution in [0.3, 0.4) is 0 Å². The number of nitrogens with zero attached hydrogens (tertiary/aromatic N) is 2. The topological polar surface area (TPSA) is 73.3 Å². The molecule has 1 aromatic carbocycles. The predicted molar refractivity (Wildman–Crippen MR) is 79.6 cm³/mol. The number of anilines is 1. The summed E-state index contributed by atoms with van der Waals surface area (Å²) in [6.07, 6.45) is 2.56. The highest BCUT2D eigenvalue weighted by atomic mass is 35.5. The van der Waals surface area contributed by atoms with Crippen LogP contribution in [0.5, 0.6) is 11.5 Å². The lowest BCUT2D eigenvalue weighted by molar-refractivity contribution is 0.102. The van der Waals surface area contributed by atoms with Crippen LogP contribution < -0.4 is 14.8 Å². The molecule has 0 unspecified atom stereocenters. The summed E-state index contributed by atoms with van der Waals surface area (Å²) >= 11 is 11.7.